The summed E-state index contributed by atoms with van der Waals surface area (Å²) in [4.78, 5) is 8.45. The molecule has 0 aliphatic rings. The Kier molecular flexibility index (Phi) is 6.16. The fourth-order valence-corrected chi connectivity index (χ4v) is 4.32. The van der Waals surface area contributed by atoms with Crippen LogP contribution in [-0.2, 0) is 15.6 Å². The van der Waals surface area contributed by atoms with Crippen molar-refractivity contribution in [2.45, 2.75) is 5.75 Å². The summed E-state index contributed by atoms with van der Waals surface area (Å²) in [5.41, 5.74) is 1.96. The molecule has 0 atom stereocenters. The number of halogens is 3. The molecule has 0 aliphatic carbocycles. The quantitative estimate of drug-likeness (QED) is 0.379. The highest BCUT2D eigenvalue weighted by atomic mass is 35.5. The van der Waals surface area contributed by atoms with Crippen molar-refractivity contribution in [1.29, 1.82) is 0 Å². The predicted molar refractivity (Wildman–Crippen MR) is 122 cm³/mol. The Morgan fingerprint density at radius 2 is 1.75 bits per heavy atom. The van der Waals surface area contributed by atoms with E-state index in [2.05, 4.69) is 15.3 Å². The standard InChI is InChI=1S/C23H16ClF2N3O2S/c24-17-4-8-20-22(11-17)27-14-28-23(20)29-19-6-1-15(2-7-19)13-32(30,31)10-9-16-3-5-18(25)12-21(16)26/h1-12,14H,13H2,(H,27,28,29)/b10-9+. The minimum Gasteiger partial charge on any atom is -0.340 e. The van der Waals surface area contributed by atoms with E-state index in [1.807, 2.05) is 6.07 Å². The Bertz CT molecular complexity index is 1430. The molecule has 1 aromatic heterocycles. The van der Waals surface area contributed by atoms with Gasteiger partial charge in [-0.25, -0.2) is 27.2 Å². The van der Waals surface area contributed by atoms with Crippen molar-refractivity contribution in [2.75, 3.05) is 5.32 Å². The first-order valence-electron chi connectivity index (χ1n) is 9.41. The van der Waals surface area contributed by atoms with Gasteiger partial charge in [0.05, 0.1) is 11.3 Å². The van der Waals surface area contributed by atoms with E-state index in [-0.39, 0.29) is 11.3 Å². The predicted octanol–water partition coefficient (Wildman–Crippen LogP) is 5.89. The van der Waals surface area contributed by atoms with E-state index in [1.165, 1.54) is 12.4 Å². The fraction of sp³-hybridized carbons (Fsp3) is 0.0435. The summed E-state index contributed by atoms with van der Waals surface area (Å²) in [5.74, 6) is -1.22. The van der Waals surface area contributed by atoms with E-state index in [9.17, 15) is 17.2 Å². The van der Waals surface area contributed by atoms with Crippen LogP contribution >= 0.6 is 11.6 Å². The molecule has 1 heterocycles. The van der Waals surface area contributed by atoms with Gasteiger partial charge < -0.3 is 5.32 Å². The van der Waals surface area contributed by atoms with Gasteiger partial charge in [0.2, 0.25) is 0 Å². The number of benzene rings is 3. The third kappa shape index (κ3) is 5.27. The summed E-state index contributed by atoms with van der Waals surface area (Å²) in [7, 11) is -3.66. The molecule has 32 heavy (non-hydrogen) atoms. The van der Waals surface area contributed by atoms with Gasteiger partial charge in [-0.1, -0.05) is 23.7 Å². The largest absolute Gasteiger partial charge is 0.340 e. The van der Waals surface area contributed by atoms with E-state index >= 15 is 0 Å². The van der Waals surface area contributed by atoms with Gasteiger partial charge in [-0.15, -0.1) is 0 Å². The van der Waals surface area contributed by atoms with Gasteiger partial charge in [0.15, 0.2) is 9.84 Å². The molecule has 0 saturated carbocycles. The van der Waals surface area contributed by atoms with Crippen LogP contribution in [0.3, 0.4) is 0 Å². The Labute approximate surface area is 188 Å². The molecular weight excluding hydrogens is 456 g/mol. The van der Waals surface area contributed by atoms with Gasteiger partial charge >= 0.3 is 0 Å². The summed E-state index contributed by atoms with van der Waals surface area (Å²) >= 11 is 6.00. The maximum Gasteiger partial charge on any atom is 0.175 e. The van der Waals surface area contributed by atoms with Gasteiger partial charge in [-0.05, 0) is 54.1 Å². The number of sulfone groups is 1. The van der Waals surface area contributed by atoms with E-state index in [0.717, 1.165) is 22.9 Å². The number of fused-ring (bicyclic) bond motifs is 1. The molecule has 9 heteroatoms. The molecular formula is C23H16ClF2N3O2S. The van der Waals surface area contributed by atoms with E-state index in [1.54, 1.807) is 36.4 Å². The first-order chi connectivity index (χ1) is 15.3. The second kappa shape index (κ2) is 9.02. The second-order valence-corrected chi connectivity index (χ2v) is 9.30. The number of rotatable bonds is 6. The smallest absolute Gasteiger partial charge is 0.175 e. The first kappa shape index (κ1) is 21.9. The monoisotopic (exact) mass is 471 g/mol. The van der Waals surface area contributed by atoms with Gasteiger partial charge in [0.1, 0.15) is 23.8 Å². The molecule has 0 unspecified atom stereocenters. The Hall–Kier alpha value is -3.36. The van der Waals surface area contributed by atoms with Crippen LogP contribution in [0.1, 0.15) is 11.1 Å². The lowest BCUT2D eigenvalue weighted by Crippen LogP contribution is -2.01. The lowest BCUT2D eigenvalue weighted by molar-refractivity contribution is 0.581. The van der Waals surface area contributed by atoms with Gasteiger partial charge in [-0.2, -0.15) is 0 Å². The van der Waals surface area contributed by atoms with Gasteiger partial charge in [-0.3, -0.25) is 0 Å². The molecule has 0 aliphatic heterocycles. The molecule has 0 spiro atoms. The Morgan fingerprint density at radius 1 is 0.969 bits per heavy atom. The van der Waals surface area contributed by atoms with E-state index < -0.39 is 21.5 Å². The highest BCUT2D eigenvalue weighted by Gasteiger charge is 2.10. The normalized spacial score (nSPS) is 11.8. The van der Waals surface area contributed by atoms with Gasteiger partial charge in [0.25, 0.3) is 0 Å². The third-order valence-corrected chi connectivity index (χ3v) is 6.12. The number of nitrogens with one attached hydrogen (secondary N) is 1. The molecule has 1 N–H and O–H groups in total. The van der Waals surface area contributed by atoms with Crippen LogP contribution in [0.2, 0.25) is 5.02 Å². The van der Waals surface area contributed by atoms with Crippen LogP contribution in [-0.4, -0.2) is 18.4 Å². The van der Waals surface area contributed by atoms with Crippen LogP contribution < -0.4 is 5.32 Å². The minimum absolute atomic E-state index is 0.00659. The summed E-state index contributed by atoms with van der Waals surface area (Å²) in [6.07, 6.45) is 2.55. The Morgan fingerprint density at radius 3 is 2.50 bits per heavy atom. The number of anilines is 2. The third-order valence-electron chi connectivity index (χ3n) is 4.60. The van der Waals surface area contributed by atoms with Crippen molar-refractivity contribution in [1.82, 2.24) is 9.97 Å². The zero-order valence-corrected chi connectivity index (χ0v) is 18.0. The second-order valence-electron chi connectivity index (χ2n) is 6.98. The van der Waals surface area contributed by atoms with Crippen molar-refractivity contribution in [2.24, 2.45) is 0 Å². The van der Waals surface area contributed by atoms with Crippen LogP contribution in [0.4, 0.5) is 20.3 Å². The van der Waals surface area contributed by atoms with Gasteiger partial charge in [0, 0.05) is 33.1 Å². The first-order valence-corrected chi connectivity index (χ1v) is 11.5. The van der Waals surface area contributed by atoms with Crippen molar-refractivity contribution >= 4 is 49.9 Å². The zero-order valence-electron chi connectivity index (χ0n) is 16.5. The molecule has 5 nitrogen and oxygen atoms in total. The molecule has 0 radical (unpaired) electrons. The molecule has 4 aromatic rings. The van der Waals surface area contributed by atoms with Crippen molar-refractivity contribution < 1.29 is 17.2 Å². The molecule has 0 saturated heterocycles. The molecule has 4 rings (SSSR count). The van der Waals surface area contributed by atoms with Crippen LogP contribution in [0.25, 0.3) is 17.0 Å². The fourth-order valence-electron chi connectivity index (χ4n) is 3.04. The average Bonchev–Trinajstić information content (AvgIpc) is 2.74. The van der Waals surface area contributed by atoms with Crippen LogP contribution in [0.15, 0.2) is 72.4 Å². The Balaban J connectivity index is 1.47. The molecule has 0 amide bonds. The molecule has 162 valence electrons. The van der Waals surface area contributed by atoms with Crippen molar-refractivity contribution in [3.05, 3.63) is 100 Å². The molecule has 0 fully saturated rings. The molecule has 0 bridgehead atoms. The lowest BCUT2D eigenvalue weighted by atomic mass is 10.2. The van der Waals surface area contributed by atoms with Crippen LogP contribution in [0.5, 0.6) is 0 Å². The molecule has 3 aromatic carbocycles. The topological polar surface area (TPSA) is 72.0 Å². The van der Waals surface area contributed by atoms with E-state index in [0.29, 0.717) is 33.7 Å². The summed E-state index contributed by atoms with van der Waals surface area (Å²) < 4.78 is 51.4. The average molecular weight is 472 g/mol. The number of nitrogens with zero attached hydrogens (tertiary/aromatic N) is 2. The SMILES string of the molecule is O=S(=O)(/C=C/c1ccc(F)cc1F)Cc1ccc(Nc2ncnc3cc(Cl)ccc23)cc1. The highest BCUT2D eigenvalue weighted by molar-refractivity contribution is 7.93. The minimum atomic E-state index is -3.66. The zero-order chi connectivity index (χ0) is 22.7. The number of hydrogen-bond acceptors (Lipinski definition) is 5. The van der Waals surface area contributed by atoms with Crippen LogP contribution in [0, 0.1) is 11.6 Å². The van der Waals surface area contributed by atoms with Crippen molar-refractivity contribution in [3.8, 4) is 0 Å². The maximum absolute atomic E-state index is 13.7. The van der Waals surface area contributed by atoms with E-state index in [4.69, 9.17) is 11.6 Å². The number of hydrogen-bond donors (Lipinski definition) is 1. The maximum atomic E-state index is 13.7. The number of aromatic nitrogens is 2. The highest BCUT2D eigenvalue weighted by Crippen LogP contribution is 2.25. The van der Waals surface area contributed by atoms with Crippen molar-refractivity contribution in [3.63, 3.8) is 0 Å². The lowest BCUT2D eigenvalue weighted by Gasteiger charge is -2.09. The summed E-state index contributed by atoms with van der Waals surface area (Å²) in [6, 6.07) is 15.1. The summed E-state index contributed by atoms with van der Waals surface area (Å²) in [5, 5.41) is 5.47. The summed E-state index contributed by atoms with van der Waals surface area (Å²) in [6.45, 7) is 0.